The first-order valence-corrected chi connectivity index (χ1v) is 12.0. The Morgan fingerprint density at radius 3 is 2.54 bits per heavy atom. The van der Waals surface area contributed by atoms with Crippen molar-refractivity contribution in [1.29, 1.82) is 0 Å². The third-order valence-electron chi connectivity index (χ3n) is 6.13. The number of hydrogen-bond donors (Lipinski definition) is 3. The Bertz CT molecular complexity index is 1470. The summed E-state index contributed by atoms with van der Waals surface area (Å²) < 4.78 is 8.76. The quantitative estimate of drug-likeness (QED) is 0.293. The predicted molar refractivity (Wildman–Crippen MR) is 148 cm³/mol. The van der Waals surface area contributed by atoms with Gasteiger partial charge in [-0.2, -0.15) is 4.98 Å². The lowest BCUT2D eigenvalue weighted by atomic mass is 10.2. The average molecular weight is 507 g/mol. The van der Waals surface area contributed by atoms with Crippen LogP contribution in [0.15, 0.2) is 47.4 Å². The molecule has 0 aliphatic rings. The zero-order valence-corrected chi connectivity index (χ0v) is 22.1. The van der Waals surface area contributed by atoms with Gasteiger partial charge in [-0.3, -0.25) is 4.57 Å². The Kier molecular flexibility index (Phi) is 7.25. The molecule has 0 saturated heterocycles. The molecule has 0 atom stereocenters. The van der Waals surface area contributed by atoms with Gasteiger partial charge in [-0.25, -0.2) is 14.3 Å². The molecule has 0 bridgehead atoms. The number of nitrogens with zero attached hydrogens (tertiary/aromatic N) is 6. The Morgan fingerprint density at radius 1 is 1.11 bits per heavy atom. The van der Waals surface area contributed by atoms with Gasteiger partial charge in [0.15, 0.2) is 0 Å². The molecule has 11 nitrogen and oxygen atoms in total. The average Bonchev–Trinajstić information content (AvgIpc) is 3.13. The summed E-state index contributed by atoms with van der Waals surface area (Å²) in [6, 6.07) is 10.1. The maximum atomic E-state index is 13.4. The van der Waals surface area contributed by atoms with E-state index in [4.69, 9.17) is 10.5 Å². The monoisotopic (exact) mass is 506 g/mol. The standard InChI is InChI=1S/C26H34N8O3/c1-16(2)33-22-13-17(35)7-8-20(22)34(26(33)36)24-9-10-28-25(30-24)29-19-14-18(27)21(15-23(19)37-6)32(5)12-11-31(3)4/h7-10,13-16,35H,11-12,27H2,1-6H3,(H,28,29,30). The molecule has 4 N–H and O–H groups in total. The van der Waals surface area contributed by atoms with Crippen LogP contribution in [0, 0.1) is 0 Å². The van der Waals surface area contributed by atoms with Gasteiger partial charge in [0.25, 0.3) is 0 Å². The van der Waals surface area contributed by atoms with Crippen molar-refractivity contribution in [3.05, 3.63) is 53.1 Å². The lowest BCUT2D eigenvalue weighted by Crippen LogP contribution is -2.29. The third kappa shape index (κ3) is 5.17. The smallest absolute Gasteiger partial charge is 0.335 e. The first-order chi connectivity index (χ1) is 17.6. The molecule has 0 amide bonds. The van der Waals surface area contributed by atoms with E-state index >= 15 is 0 Å². The highest BCUT2D eigenvalue weighted by molar-refractivity contribution is 5.80. The minimum Gasteiger partial charge on any atom is -0.508 e. The van der Waals surface area contributed by atoms with Crippen molar-refractivity contribution in [1.82, 2.24) is 24.0 Å². The van der Waals surface area contributed by atoms with Crippen LogP contribution in [0.1, 0.15) is 19.9 Å². The van der Waals surface area contributed by atoms with Crippen molar-refractivity contribution in [2.24, 2.45) is 0 Å². The molecule has 4 rings (SSSR count). The fourth-order valence-electron chi connectivity index (χ4n) is 4.24. The Morgan fingerprint density at radius 2 is 1.86 bits per heavy atom. The highest BCUT2D eigenvalue weighted by Crippen LogP contribution is 2.36. The van der Waals surface area contributed by atoms with Gasteiger partial charge in [0, 0.05) is 50.6 Å². The summed E-state index contributed by atoms with van der Waals surface area (Å²) in [5.74, 6) is 1.34. The summed E-state index contributed by atoms with van der Waals surface area (Å²) in [5.41, 5.74) is 9.43. The van der Waals surface area contributed by atoms with E-state index < -0.39 is 0 Å². The number of hydrogen-bond acceptors (Lipinski definition) is 9. The number of nitrogen functional groups attached to an aromatic ring is 1. The highest BCUT2D eigenvalue weighted by atomic mass is 16.5. The number of fused-ring (bicyclic) bond motifs is 1. The van der Waals surface area contributed by atoms with E-state index in [1.54, 1.807) is 48.2 Å². The predicted octanol–water partition coefficient (Wildman–Crippen LogP) is 3.20. The normalized spacial score (nSPS) is 11.5. The zero-order valence-electron chi connectivity index (χ0n) is 22.1. The number of methoxy groups -OCH3 is 1. The van der Waals surface area contributed by atoms with E-state index in [-0.39, 0.29) is 23.4 Å². The molecule has 0 spiro atoms. The molecular formula is C26H34N8O3. The number of aromatic hydroxyl groups is 1. The van der Waals surface area contributed by atoms with E-state index in [9.17, 15) is 9.90 Å². The van der Waals surface area contributed by atoms with E-state index in [0.717, 1.165) is 18.8 Å². The van der Waals surface area contributed by atoms with Gasteiger partial charge in [-0.05, 0) is 46.1 Å². The number of likely N-dealkylation sites (N-methyl/N-ethyl adjacent to an activating group) is 2. The van der Waals surface area contributed by atoms with Crippen molar-refractivity contribution >= 4 is 34.0 Å². The van der Waals surface area contributed by atoms with Crippen molar-refractivity contribution in [2.75, 3.05) is 57.3 Å². The molecule has 37 heavy (non-hydrogen) atoms. The SMILES string of the molecule is COc1cc(N(C)CCN(C)C)c(N)cc1Nc1nccc(-n2c(=O)n(C(C)C)c3cc(O)ccc32)n1. The van der Waals surface area contributed by atoms with Crippen LogP contribution in [0.4, 0.5) is 23.0 Å². The number of nitrogens with one attached hydrogen (secondary N) is 1. The van der Waals surface area contributed by atoms with Gasteiger partial charge < -0.3 is 30.7 Å². The van der Waals surface area contributed by atoms with Crippen LogP contribution in [-0.4, -0.2) is 70.5 Å². The fourth-order valence-corrected chi connectivity index (χ4v) is 4.24. The lowest BCUT2D eigenvalue weighted by molar-refractivity contribution is 0.413. The summed E-state index contributed by atoms with van der Waals surface area (Å²) in [5, 5.41) is 13.2. The first-order valence-electron chi connectivity index (χ1n) is 12.0. The van der Waals surface area contributed by atoms with Crippen molar-refractivity contribution in [3.8, 4) is 17.3 Å². The second-order valence-electron chi connectivity index (χ2n) is 9.45. The van der Waals surface area contributed by atoms with Crippen LogP contribution in [0.3, 0.4) is 0 Å². The molecule has 0 fully saturated rings. The van der Waals surface area contributed by atoms with Gasteiger partial charge in [0.2, 0.25) is 5.95 Å². The minimum absolute atomic E-state index is 0.0876. The molecular weight excluding hydrogens is 472 g/mol. The lowest BCUT2D eigenvalue weighted by Gasteiger charge is -2.24. The number of phenols is 1. The van der Waals surface area contributed by atoms with Crippen LogP contribution in [0.5, 0.6) is 11.5 Å². The van der Waals surface area contributed by atoms with Crippen molar-refractivity contribution < 1.29 is 9.84 Å². The first kappa shape index (κ1) is 25.8. The number of ether oxygens (including phenoxy) is 1. The summed E-state index contributed by atoms with van der Waals surface area (Å²) in [7, 11) is 7.63. The summed E-state index contributed by atoms with van der Waals surface area (Å²) in [6.45, 7) is 5.51. The number of anilines is 4. The van der Waals surface area contributed by atoms with Gasteiger partial charge in [-0.15, -0.1) is 0 Å². The van der Waals surface area contributed by atoms with Gasteiger partial charge >= 0.3 is 5.69 Å². The minimum atomic E-state index is -0.257. The van der Waals surface area contributed by atoms with Crippen molar-refractivity contribution in [3.63, 3.8) is 0 Å². The number of nitrogens with two attached hydrogens (primary N) is 1. The van der Waals surface area contributed by atoms with Crippen molar-refractivity contribution in [2.45, 2.75) is 19.9 Å². The molecule has 0 saturated carbocycles. The van der Waals surface area contributed by atoms with Gasteiger partial charge in [0.05, 0.1) is 35.2 Å². The second-order valence-corrected chi connectivity index (χ2v) is 9.45. The Balaban J connectivity index is 1.71. The van der Waals surface area contributed by atoms with Gasteiger partial charge in [0.1, 0.15) is 17.3 Å². The number of aromatic nitrogens is 4. The van der Waals surface area contributed by atoms with Crippen LogP contribution >= 0.6 is 0 Å². The Labute approximate surface area is 215 Å². The second kappa shape index (κ2) is 10.4. The van der Waals surface area contributed by atoms with Crippen LogP contribution in [0.2, 0.25) is 0 Å². The van der Waals surface area contributed by atoms with Crippen LogP contribution in [-0.2, 0) is 0 Å². The molecule has 2 aromatic heterocycles. The van der Waals surface area contributed by atoms with Gasteiger partial charge in [-0.1, -0.05) is 0 Å². The molecule has 0 unspecified atom stereocenters. The summed E-state index contributed by atoms with van der Waals surface area (Å²) in [6.07, 6.45) is 1.58. The maximum Gasteiger partial charge on any atom is 0.335 e. The largest absolute Gasteiger partial charge is 0.508 e. The highest BCUT2D eigenvalue weighted by Gasteiger charge is 2.19. The molecule has 2 aromatic carbocycles. The summed E-state index contributed by atoms with van der Waals surface area (Å²) in [4.78, 5) is 26.5. The van der Waals surface area contributed by atoms with Crippen LogP contribution in [0.25, 0.3) is 16.9 Å². The van der Waals surface area contributed by atoms with E-state index in [1.807, 2.05) is 41.1 Å². The zero-order chi connectivity index (χ0) is 26.9. The number of imidazole rings is 1. The molecule has 196 valence electrons. The van der Waals surface area contributed by atoms with Crippen LogP contribution < -0.4 is 26.4 Å². The maximum absolute atomic E-state index is 13.4. The molecule has 11 heteroatoms. The summed E-state index contributed by atoms with van der Waals surface area (Å²) >= 11 is 0. The molecule has 0 radical (unpaired) electrons. The molecule has 0 aliphatic carbocycles. The number of rotatable bonds is 9. The van der Waals surface area contributed by atoms with E-state index in [1.165, 1.54) is 4.57 Å². The fraction of sp³-hybridized carbons (Fsp3) is 0.346. The van der Waals surface area contributed by atoms with E-state index in [0.29, 0.717) is 34.0 Å². The topological polar surface area (TPSA) is 127 Å². The molecule has 4 aromatic rings. The number of benzene rings is 2. The molecule has 2 heterocycles. The molecule has 0 aliphatic heterocycles. The third-order valence-corrected chi connectivity index (χ3v) is 6.13. The number of phenolic OH excluding ortho intramolecular Hbond substituents is 1. The van der Waals surface area contributed by atoms with E-state index in [2.05, 4.69) is 25.1 Å². The Hall–Kier alpha value is -4.25.